The van der Waals surface area contributed by atoms with Gasteiger partial charge in [0.1, 0.15) is 0 Å². The Balaban J connectivity index is 3.82. The van der Waals surface area contributed by atoms with E-state index in [2.05, 4.69) is 6.58 Å². The van der Waals surface area contributed by atoms with E-state index in [-0.39, 0.29) is 5.41 Å². The van der Waals surface area contributed by atoms with E-state index < -0.39 is 0 Å². The van der Waals surface area contributed by atoms with Gasteiger partial charge in [0, 0.05) is 5.41 Å². The molecule has 0 bridgehead atoms. The molecular weight excluding hydrogens is 104 g/mol. The van der Waals surface area contributed by atoms with Gasteiger partial charge in [-0.15, -0.1) is 6.58 Å². The summed E-state index contributed by atoms with van der Waals surface area (Å²) in [5, 5.41) is 1.71. The van der Waals surface area contributed by atoms with E-state index in [1.54, 1.807) is 5.37 Å². The molecule has 0 aromatic carbocycles. The maximum absolute atomic E-state index is 4.69. The highest BCUT2D eigenvalue weighted by molar-refractivity contribution is 7.79. The molecule has 0 amide bonds. The van der Waals surface area contributed by atoms with Gasteiger partial charge in [-0.1, -0.05) is 32.1 Å². The van der Waals surface area contributed by atoms with E-state index in [0.717, 1.165) is 0 Å². The van der Waals surface area contributed by atoms with Gasteiger partial charge in [0.2, 0.25) is 0 Å². The lowest BCUT2D eigenvalue weighted by molar-refractivity contribution is 0.706. The van der Waals surface area contributed by atoms with Crippen molar-refractivity contribution in [3.05, 3.63) is 12.7 Å². The topological polar surface area (TPSA) is 0 Å². The van der Waals surface area contributed by atoms with Crippen LogP contribution in [0.1, 0.15) is 13.8 Å². The Morgan fingerprint density at radius 3 is 2.00 bits per heavy atom. The van der Waals surface area contributed by atoms with E-state index in [9.17, 15) is 0 Å². The van der Waals surface area contributed by atoms with Crippen LogP contribution in [0.15, 0.2) is 12.7 Å². The number of hydrogen-bond donors (Lipinski definition) is 0. The summed E-state index contributed by atoms with van der Waals surface area (Å²) in [6.45, 7) is 7.65. The zero-order chi connectivity index (χ0) is 5.91. The van der Waals surface area contributed by atoms with Crippen molar-refractivity contribution in [3.63, 3.8) is 0 Å². The highest BCUT2D eigenvalue weighted by Crippen LogP contribution is 2.11. The normalized spacial score (nSPS) is 10.6. The third kappa shape index (κ3) is 2.52. The molecule has 0 aromatic rings. The Kier molecular flexibility index (Phi) is 2.16. The van der Waals surface area contributed by atoms with Crippen molar-refractivity contribution in [2.45, 2.75) is 13.8 Å². The first-order valence-corrected chi connectivity index (χ1v) is 2.69. The molecule has 0 heterocycles. The Bertz CT molecular complexity index is 72.2. The highest BCUT2D eigenvalue weighted by Gasteiger charge is 2.05. The number of hydrogen-bond acceptors (Lipinski definition) is 1. The SMILES string of the molecule is C=CC(C)(C)C=S. The summed E-state index contributed by atoms with van der Waals surface area (Å²) in [6.07, 6.45) is 1.83. The summed E-state index contributed by atoms with van der Waals surface area (Å²) in [6, 6.07) is 0. The second-order valence-electron chi connectivity index (χ2n) is 2.14. The maximum atomic E-state index is 4.69. The smallest absolute Gasteiger partial charge is 0.0106 e. The van der Waals surface area contributed by atoms with Crippen LogP contribution in [0, 0.1) is 5.41 Å². The standard InChI is InChI=1S/C6H10S/c1-4-6(2,3)5-7/h4-5H,1H2,2-3H3. The van der Waals surface area contributed by atoms with E-state index >= 15 is 0 Å². The van der Waals surface area contributed by atoms with Gasteiger partial charge in [-0.05, 0) is 5.37 Å². The van der Waals surface area contributed by atoms with Gasteiger partial charge in [0.25, 0.3) is 0 Å². The minimum Gasteiger partial charge on any atom is -0.102 e. The van der Waals surface area contributed by atoms with Gasteiger partial charge in [-0.2, -0.15) is 0 Å². The lowest BCUT2D eigenvalue weighted by atomic mass is 9.98. The van der Waals surface area contributed by atoms with Gasteiger partial charge in [0.15, 0.2) is 0 Å². The average molecular weight is 114 g/mol. The summed E-state index contributed by atoms with van der Waals surface area (Å²) in [7, 11) is 0. The first-order chi connectivity index (χ1) is 3.12. The summed E-state index contributed by atoms with van der Waals surface area (Å²) in [5.74, 6) is 0. The molecule has 0 aliphatic rings. The third-order valence-electron chi connectivity index (χ3n) is 0.830. The van der Waals surface area contributed by atoms with Crippen LogP contribution < -0.4 is 0 Å². The molecule has 0 saturated carbocycles. The van der Waals surface area contributed by atoms with Gasteiger partial charge < -0.3 is 0 Å². The molecule has 0 saturated heterocycles. The summed E-state index contributed by atoms with van der Waals surface area (Å²) in [5.41, 5.74) is 0.0370. The lowest BCUT2D eigenvalue weighted by Gasteiger charge is -2.09. The lowest BCUT2D eigenvalue weighted by Crippen LogP contribution is -2.05. The fourth-order valence-corrected chi connectivity index (χ4v) is 0.144. The third-order valence-corrected chi connectivity index (χ3v) is 1.44. The molecule has 0 fully saturated rings. The first kappa shape index (κ1) is 6.83. The molecule has 0 atom stereocenters. The van der Waals surface area contributed by atoms with Crippen LogP contribution in [0.2, 0.25) is 0 Å². The molecule has 0 radical (unpaired) electrons. The van der Waals surface area contributed by atoms with Crippen LogP contribution in [0.5, 0.6) is 0 Å². The van der Waals surface area contributed by atoms with Crippen molar-refractivity contribution in [1.29, 1.82) is 0 Å². The van der Waals surface area contributed by atoms with Crippen molar-refractivity contribution < 1.29 is 0 Å². The van der Waals surface area contributed by atoms with Crippen LogP contribution in [0.4, 0.5) is 0 Å². The summed E-state index contributed by atoms with van der Waals surface area (Å²) >= 11 is 4.69. The van der Waals surface area contributed by atoms with Crippen molar-refractivity contribution in [2.75, 3.05) is 0 Å². The minimum atomic E-state index is 0.0370. The Hall–Kier alpha value is -0.170. The zero-order valence-electron chi connectivity index (χ0n) is 4.77. The molecule has 0 spiro atoms. The van der Waals surface area contributed by atoms with Crippen LogP contribution in [0.3, 0.4) is 0 Å². The second-order valence-corrected chi connectivity index (χ2v) is 2.38. The van der Waals surface area contributed by atoms with Crippen molar-refractivity contribution in [2.24, 2.45) is 5.41 Å². The van der Waals surface area contributed by atoms with Crippen LogP contribution in [0.25, 0.3) is 0 Å². The summed E-state index contributed by atoms with van der Waals surface area (Å²) < 4.78 is 0. The molecule has 0 N–H and O–H groups in total. The van der Waals surface area contributed by atoms with Crippen molar-refractivity contribution in [1.82, 2.24) is 0 Å². The number of allylic oxidation sites excluding steroid dienone is 1. The van der Waals surface area contributed by atoms with Crippen molar-refractivity contribution in [3.8, 4) is 0 Å². The zero-order valence-corrected chi connectivity index (χ0v) is 5.59. The van der Waals surface area contributed by atoms with Crippen LogP contribution >= 0.6 is 12.2 Å². The quantitative estimate of drug-likeness (QED) is 0.392. The van der Waals surface area contributed by atoms with E-state index in [4.69, 9.17) is 12.2 Å². The fourth-order valence-electron chi connectivity index (χ4n) is 0.0481. The maximum Gasteiger partial charge on any atom is 0.0106 e. The van der Waals surface area contributed by atoms with Gasteiger partial charge >= 0.3 is 0 Å². The van der Waals surface area contributed by atoms with Crippen LogP contribution in [-0.4, -0.2) is 5.37 Å². The minimum absolute atomic E-state index is 0.0370. The Morgan fingerprint density at radius 2 is 2.00 bits per heavy atom. The Labute approximate surface area is 50.2 Å². The average Bonchev–Trinajstić information content (AvgIpc) is 1.68. The van der Waals surface area contributed by atoms with Crippen molar-refractivity contribution >= 4 is 17.6 Å². The summed E-state index contributed by atoms with van der Waals surface area (Å²) in [4.78, 5) is 0. The molecule has 0 rings (SSSR count). The van der Waals surface area contributed by atoms with Gasteiger partial charge in [-0.25, -0.2) is 0 Å². The molecule has 0 aliphatic carbocycles. The molecular formula is C6H10S. The number of thiocarbonyl (C=S) groups is 1. The molecule has 40 valence electrons. The van der Waals surface area contributed by atoms with Gasteiger partial charge in [0.05, 0.1) is 0 Å². The van der Waals surface area contributed by atoms with Gasteiger partial charge in [-0.3, -0.25) is 0 Å². The molecule has 7 heavy (non-hydrogen) atoms. The molecule has 1 heteroatoms. The van der Waals surface area contributed by atoms with E-state index in [1.165, 1.54) is 0 Å². The van der Waals surface area contributed by atoms with E-state index in [0.29, 0.717) is 0 Å². The molecule has 0 aromatic heterocycles. The highest BCUT2D eigenvalue weighted by atomic mass is 32.1. The van der Waals surface area contributed by atoms with E-state index in [1.807, 2.05) is 19.9 Å². The largest absolute Gasteiger partial charge is 0.102 e. The second kappa shape index (κ2) is 2.22. The number of rotatable bonds is 2. The fraction of sp³-hybridized carbons (Fsp3) is 0.500. The molecule has 0 aliphatic heterocycles. The molecule has 0 nitrogen and oxygen atoms in total. The molecule has 0 unspecified atom stereocenters. The predicted octanol–water partition coefficient (Wildman–Crippen LogP) is 2.20. The van der Waals surface area contributed by atoms with Crippen LogP contribution in [-0.2, 0) is 0 Å². The Morgan fingerprint density at radius 1 is 1.57 bits per heavy atom. The first-order valence-electron chi connectivity index (χ1n) is 2.22. The predicted molar refractivity (Wildman–Crippen MR) is 37.6 cm³/mol. The monoisotopic (exact) mass is 114 g/mol.